The van der Waals surface area contributed by atoms with Crippen LogP contribution < -0.4 is 10.1 Å². The number of rotatable bonds is 2. The molecule has 1 saturated heterocycles. The summed E-state index contributed by atoms with van der Waals surface area (Å²) in [5.41, 5.74) is 2.23. The maximum atomic E-state index is 5.52. The highest BCUT2D eigenvalue weighted by Crippen LogP contribution is 2.30. The molecule has 2 aliphatic rings. The van der Waals surface area contributed by atoms with Crippen molar-refractivity contribution in [3.8, 4) is 17.1 Å². The largest absolute Gasteiger partial charge is 0.493 e. The molecule has 5 nitrogen and oxygen atoms in total. The maximum Gasteiger partial charge on any atom is 0.244 e. The highest BCUT2D eigenvalue weighted by atomic mass is 16.5. The first-order valence-electron chi connectivity index (χ1n) is 7.23. The molecule has 104 valence electrons. The lowest BCUT2D eigenvalue weighted by Gasteiger charge is -2.19. The lowest BCUT2D eigenvalue weighted by atomic mass is 10.1. The number of nitrogens with zero attached hydrogens (tertiary/aromatic N) is 2. The van der Waals surface area contributed by atoms with Gasteiger partial charge in [0.05, 0.1) is 12.6 Å². The van der Waals surface area contributed by atoms with Gasteiger partial charge in [-0.05, 0) is 43.1 Å². The number of benzene rings is 1. The summed E-state index contributed by atoms with van der Waals surface area (Å²) in [5, 5.41) is 7.55. The third-order valence-electron chi connectivity index (χ3n) is 4.00. The molecule has 2 aliphatic heterocycles. The first kappa shape index (κ1) is 11.9. The van der Waals surface area contributed by atoms with Crippen LogP contribution in [0.5, 0.6) is 5.75 Å². The Morgan fingerprint density at radius 1 is 1.25 bits per heavy atom. The van der Waals surface area contributed by atoms with Gasteiger partial charge in [0.2, 0.25) is 11.7 Å². The molecule has 20 heavy (non-hydrogen) atoms. The van der Waals surface area contributed by atoms with E-state index in [4.69, 9.17) is 9.26 Å². The molecule has 0 bridgehead atoms. The van der Waals surface area contributed by atoms with E-state index in [1.807, 2.05) is 12.1 Å². The van der Waals surface area contributed by atoms with Crippen molar-refractivity contribution in [3.05, 3.63) is 29.7 Å². The molecule has 1 N–H and O–H groups in total. The molecule has 0 radical (unpaired) electrons. The van der Waals surface area contributed by atoms with E-state index in [0.29, 0.717) is 11.7 Å². The van der Waals surface area contributed by atoms with Gasteiger partial charge in [0.1, 0.15) is 5.75 Å². The first-order chi connectivity index (χ1) is 9.90. The fourth-order valence-electron chi connectivity index (χ4n) is 2.88. The third kappa shape index (κ3) is 2.08. The Kier molecular flexibility index (Phi) is 2.92. The fourth-order valence-corrected chi connectivity index (χ4v) is 2.88. The van der Waals surface area contributed by atoms with Gasteiger partial charge in [0, 0.05) is 12.0 Å². The van der Waals surface area contributed by atoms with Crippen LogP contribution in [0.15, 0.2) is 22.7 Å². The number of hydrogen-bond donors (Lipinski definition) is 1. The Bertz CT molecular complexity index is 617. The Morgan fingerprint density at radius 2 is 2.25 bits per heavy atom. The Labute approximate surface area is 117 Å². The van der Waals surface area contributed by atoms with Crippen LogP contribution in [0.2, 0.25) is 0 Å². The maximum absolute atomic E-state index is 5.52. The van der Waals surface area contributed by atoms with Gasteiger partial charge in [-0.1, -0.05) is 11.6 Å². The second-order valence-electron chi connectivity index (χ2n) is 5.38. The second kappa shape index (κ2) is 4.90. The SMILES string of the molecule is c1cc2c(cc1-c1noc([C@H]3CCCCN3)n1)CCO2. The molecule has 1 aromatic carbocycles. The zero-order valence-electron chi connectivity index (χ0n) is 11.3. The van der Waals surface area contributed by atoms with Gasteiger partial charge in [0.25, 0.3) is 0 Å². The van der Waals surface area contributed by atoms with Crippen molar-refractivity contribution >= 4 is 0 Å². The van der Waals surface area contributed by atoms with Crippen molar-refractivity contribution in [1.82, 2.24) is 15.5 Å². The van der Waals surface area contributed by atoms with Crippen molar-refractivity contribution < 1.29 is 9.26 Å². The third-order valence-corrected chi connectivity index (χ3v) is 4.00. The highest BCUT2D eigenvalue weighted by molar-refractivity contribution is 5.59. The number of aromatic nitrogens is 2. The van der Waals surface area contributed by atoms with Gasteiger partial charge < -0.3 is 14.6 Å². The van der Waals surface area contributed by atoms with Crippen molar-refractivity contribution in [3.63, 3.8) is 0 Å². The minimum atomic E-state index is 0.211. The average Bonchev–Trinajstić information content (AvgIpc) is 3.16. The predicted octanol–water partition coefficient (Wildman–Crippen LogP) is 2.49. The zero-order chi connectivity index (χ0) is 13.4. The first-order valence-corrected chi connectivity index (χ1v) is 7.23. The van der Waals surface area contributed by atoms with Crippen LogP contribution in [0.25, 0.3) is 11.4 Å². The summed E-state index contributed by atoms with van der Waals surface area (Å²) in [5.74, 6) is 2.35. The zero-order valence-corrected chi connectivity index (χ0v) is 11.3. The Balaban J connectivity index is 1.61. The van der Waals surface area contributed by atoms with Gasteiger partial charge >= 0.3 is 0 Å². The molecular weight excluding hydrogens is 254 g/mol. The summed E-state index contributed by atoms with van der Waals surface area (Å²) in [6.07, 6.45) is 4.46. The van der Waals surface area contributed by atoms with E-state index in [1.165, 1.54) is 18.4 Å². The Morgan fingerprint density at radius 3 is 3.15 bits per heavy atom. The molecule has 0 unspecified atom stereocenters. The van der Waals surface area contributed by atoms with Crippen LogP contribution in [-0.2, 0) is 6.42 Å². The summed E-state index contributed by atoms with van der Waals surface area (Å²) in [6.45, 7) is 1.79. The normalized spacial score (nSPS) is 21.5. The lowest BCUT2D eigenvalue weighted by Crippen LogP contribution is -2.26. The van der Waals surface area contributed by atoms with Gasteiger partial charge in [-0.25, -0.2) is 0 Å². The van der Waals surface area contributed by atoms with Crippen LogP contribution in [0, 0.1) is 0 Å². The monoisotopic (exact) mass is 271 g/mol. The van der Waals surface area contributed by atoms with Gasteiger partial charge in [-0.3, -0.25) is 0 Å². The van der Waals surface area contributed by atoms with E-state index in [0.717, 1.165) is 37.3 Å². The van der Waals surface area contributed by atoms with E-state index >= 15 is 0 Å². The van der Waals surface area contributed by atoms with Crippen molar-refractivity contribution in [2.24, 2.45) is 0 Å². The molecule has 1 aromatic heterocycles. The molecule has 0 amide bonds. The topological polar surface area (TPSA) is 60.2 Å². The highest BCUT2D eigenvalue weighted by Gasteiger charge is 2.22. The number of fused-ring (bicyclic) bond motifs is 1. The molecule has 0 spiro atoms. The molecular formula is C15H17N3O2. The minimum absolute atomic E-state index is 0.211. The van der Waals surface area contributed by atoms with E-state index < -0.39 is 0 Å². The summed E-state index contributed by atoms with van der Waals surface area (Å²) in [4.78, 5) is 4.55. The molecule has 2 aromatic rings. The standard InChI is InChI=1S/C15H17N3O2/c1-2-7-16-12(3-1)15-17-14(18-20-15)11-4-5-13-10(9-11)6-8-19-13/h4-5,9,12,16H,1-3,6-8H2/t12-/m1/s1. The van der Waals surface area contributed by atoms with E-state index in [2.05, 4.69) is 21.5 Å². The van der Waals surface area contributed by atoms with Gasteiger partial charge in [0.15, 0.2) is 0 Å². The summed E-state index contributed by atoms with van der Waals surface area (Å²) in [7, 11) is 0. The fraction of sp³-hybridized carbons (Fsp3) is 0.467. The van der Waals surface area contributed by atoms with E-state index in [-0.39, 0.29) is 6.04 Å². The predicted molar refractivity (Wildman–Crippen MR) is 73.5 cm³/mol. The molecule has 4 rings (SSSR count). The summed E-state index contributed by atoms with van der Waals surface area (Å²) < 4.78 is 10.9. The summed E-state index contributed by atoms with van der Waals surface area (Å²) in [6, 6.07) is 6.30. The second-order valence-corrected chi connectivity index (χ2v) is 5.38. The smallest absolute Gasteiger partial charge is 0.244 e. The average molecular weight is 271 g/mol. The van der Waals surface area contributed by atoms with Crippen molar-refractivity contribution in [2.75, 3.05) is 13.2 Å². The Hall–Kier alpha value is -1.88. The molecule has 0 aliphatic carbocycles. The van der Waals surface area contributed by atoms with E-state index in [1.54, 1.807) is 0 Å². The van der Waals surface area contributed by atoms with Crippen LogP contribution in [0.4, 0.5) is 0 Å². The minimum Gasteiger partial charge on any atom is -0.493 e. The molecule has 1 atom stereocenters. The number of nitrogens with one attached hydrogen (secondary N) is 1. The molecule has 1 fully saturated rings. The lowest BCUT2D eigenvalue weighted by molar-refractivity contribution is 0.297. The van der Waals surface area contributed by atoms with Crippen molar-refractivity contribution in [2.45, 2.75) is 31.7 Å². The van der Waals surface area contributed by atoms with Crippen LogP contribution in [0.3, 0.4) is 0 Å². The molecule has 3 heterocycles. The number of ether oxygens (including phenoxy) is 1. The van der Waals surface area contributed by atoms with Crippen LogP contribution in [-0.4, -0.2) is 23.3 Å². The molecule has 5 heteroatoms. The van der Waals surface area contributed by atoms with Crippen LogP contribution in [0.1, 0.15) is 36.8 Å². The van der Waals surface area contributed by atoms with Gasteiger partial charge in [-0.2, -0.15) is 4.98 Å². The number of hydrogen-bond acceptors (Lipinski definition) is 5. The molecule has 0 saturated carbocycles. The summed E-state index contributed by atoms with van der Waals surface area (Å²) >= 11 is 0. The quantitative estimate of drug-likeness (QED) is 0.909. The number of piperidine rings is 1. The van der Waals surface area contributed by atoms with Crippen LogP contribution >= 0.6 is 0 Å². The van der Waals surface area contributed by atoms with E-state index in [9.17, 15) is 0 Å². The van der Waals surface area contributed by atoms with Gasteiger partial charge in [-0.15, -0.1) is 0 Å². The van der Waals surface area contributed by atoms with Crippen molar-refractivity contribution in [1.29, 1.82) is 0 Å².